The maximum absolute atomic E-state index is 5.73. The lowest BCUT2D eigenvalue weighted by atomic mass is 10.1. The SMILES string of the molecule is COc1cccc(Br)c1OCCNCCC(C)C. The molecule has 4 heteroatoms. The fourth-order valence-electron chi connectivity index (χ4n) is 1.53. The summed E-state index contributed by atoms with van der Waals surface area (Å²) in [5.74, 6) is 2.26. The molecule has 0 fully saturated rings. The molecule has 0 saturated carbocycles. The molecular weight excluding hydrogens is 294 g/mol. The van der Waals surface area contributed by atoms with Gasteiger partial charge in [-0.2, -0.15) is 0 Å². The highest BCUT2D eigenvalue weighted by Crippen LogP contribution is 2.34. The smallest absolute Gasteiger partial charge is 0.175 e. The molecule has 1 N–H and O–H groups in total. The molecule has 1 aromatic rings. The summed E-state index contributed by atoms with van der Waals surface area (Å²) in [5, 5.41) is 3.36. The Labute approximate surface area is 118 Å². The van der Waals surface area contributed by atoms with Crippen molar-refractivity contribution in [1.29, 1.82) is 0 Å². The molecule has 0 saturated heterocycles. The Morgan fingerprint density at radius 3 is 2.72 bits per heavy atom. The van der Waals surface area contributed by atoms with Gasteiger partial charge in [-0.15, -0.1) is 0 Å². The van der Waals surface area contributed by atoms with Crippen molar-refractivity contribution in [3.8, 4) is 11.5 Å². The lowest BCUT2D eigenvalue weighted by Gasteiger charge is -2.13. The first-order valence-corrected chi connectivity index (χ1v) is 7.10. The van der Waals surface area contributed by atoms with Gasteiger partial charge in [-0.25, -0.2) is 0 Å². The topological polar surface area (TPSA) is 30.5 Å². The van der Waals surface area contributed by atoms with Crippen molar-refractivity contribution in [2.45, 2.75) is 20.3 Å². The van der Waals surface area contributed by atoms with Gasteiger partial charge in [-0.1, -0.05) is 19.9 Å². The maximum Gasteiger partial charge on any atom is 0.175 e. The monoisotopic (exact) mass is 315 g/mol. The predicted molar refractivity (Wildman–Crippen MR) is 78.5 cm³/mol. The molecule has 1 rings (SSSR count). The average Bonchev–Trinajstić information content (AvgIpc) is 2.34. The number of para-hydroxylation sites is 1. The second kappa shape index (κ2) is 8.38. The molecule has 0 aliphatic carbocycles. The molecule has 0 aromatic heterocycles. The molecule has 0 heterocycles. The molecule has 0 atom stereocenters. The summed E-state index contributed by atoms with van der Waals surface area (Å²) >= 11 is 3.46. The van der Waals surface area contributed by atoms with E-state index in [-0.39, 0.29) is 0 Å². The first-order valence-electron chi connectivity index (χ1n) is 6.31. The molecule has 0 unspecified atom stereocenters. The molecule has 0 amide bonds. The van der Waals surface area contributed by atoms with E-state index in [9.17, 15) is 0 Å². The van der Waals surface area contributed by atoms with Crippen molar-refractivity contribution in [3.63, 3.8) is 0 Å². The Morgan fingerprint density at radius 1 is 1.28 bits per heavy atom. The quantitative estimate of drug-likeness (QED) is 0.745. The zero-order valence-electron chi connectivity index (χ0n) is 11.3. The van der Waals surface area contributed by atoms with E-state index >= 15 is 0 Å². The summed E-state index contributed by atoms with van der Waals surface area (Å²) in [5.41, 5.74) is 0. The number of nitrogens with one attached hydrogen (secondary N) is 1. The van der Waals surface area contributed by atoms with Crippen LogP contribution in [0.2, 0.25) is 0 Å². The third kappa shape index (κ3) is 5.27. The fourth-order valence-corrected chi connectivity index (χ4v) is 1.99. The van der Waals surface area contributed by atoms with Crippen LogP contribution in [0.3, 0.4) is 0 Å². The minimum absolute atomic E-state index is 0.636. The molecule has 0 aliphatic heterocycles. The van der Waals surface area contributed by atoms with Crippen molar-refractivity contribution >= 4 is 15.9 Å². The molecule has 102 valence electrons. The van der Waals surface area contributed by atoms with E-state index in [0.29, 0.717) is 6.61 Å². The van der Waals surface area contributed by atoms with Gasteiger partial charge < -0.3 is 14.8 Å². The van der Waals surface area contributed by atoms with Gasteiger partial charge in [0.2, 0.25) is 0 Å². The van der Waals surface area contributed by atoms with E-state index in [1.807, 2.05) is 18.2 Å². The van der Waals surface area contributed by atoms with Crippen molar-refractivity contribution < 1.29 is 9.47 Å². The zero-order valence-corrected chi connectivity index (χ0v) is 12.9. The Balaban J connectivity index is 2.31. The van der Waals surface area contributed by atoms with Crippen LogP contribution in [0, 0.1) is 5.92 Å². The van der Waals surface area contributed by atoms with Crippen LogP contribution in [0.1, 0.15) is 20.3 Å². The second-order valence-corrected chi connectivity index (χ2v) is 5.41. The Kier molecular flexibility index (Phi) is 7.13. The Bertz CT molecular complexity index is 356. The van der Waals surface area contributed by atoms with Crippen LogP contribution in [0.15, 0.2) is 22.7 Å². The van der Waals surface area contributed by atoms with E-state index < -0.39 is 0 Å². The number of methoxy groups -OCH3 is 1. The zero-order chi connectivity index (χ0) is 13.4. The van der Waals surface area contributed by atoms with Crippen LogP contribution in [0.4, 0.5) is 0 Å². The second-order valence-electron chi connectivity index (χ2n) is 4.55. The lowest BCUT2D eigenvalue weighted by molar-refractivity contribution is 0.289. The van der Waals surface area contributed by atoms with Crippen molar-refractivity contribution in [3.05, 3.63) is 22.7 Å². The predicted octanol–water partition coefficient (Wildman–Crippen LogP) is 3.47. The highest BCUT2D eigenvalue weighted by molar-refractivity contribution is 9.10. The van der Waals surface area contributed by atoms with Gasteiger partial charge in [0.05, 0.1) is 11.6 Å². The number of hydrogen-bond acceptors (Lipinski definition) is 3. The van der Waals surface area contributed by atoms with Gasteiger partial charge in [0.1, 0.15) is 6.61 Å². The van der Waals surface area contributed by atoms with Crippen LogP contribution in [-0.2, 0) is 0 Å². The number of rotatable bonds is 8. The summed E-state index contributed by atoms with van der Waals surface area (Å²) in [6, 6.07) is 5.77. The standard InChI is InChI=1S/C14H22BrNO2/c1-11(2)7-8-16-9-10-18-14-12(15)5-4-6-13(14)17-3/h4-6,11,16H,7-10H2,1-3H3. The molecule has 0 aliphatic rings. The molecule has 0 bridgehead atoms. The average molecular weight is 316 g/mol. The van der Waals surface area contributed by atoms with Gasteiger partial charge in [0.15, 0.2) is 11.5 Å². The Morgan fingerprint density at radius 2 is 2.06 bits per heavy atom. The molecule has 0 spiro atoms. The van der Waals surface area contributed by atoms with Gasteiger partial charge in [0, 0.05) is 6.54 Å². The summed E-state index contributed by atoms with van der Waals surface area (Å²) in [6.45, 7) is 6.97. The van der Waals surface area contributed by atoms with Crippen molar-refractivity contribution in [2.75, 3.05) is 26.8 Å². The first-order chi connectivity index (χ1) is 8.65. The number of hydrogen-bond donors (Lipinski definition) is 1. The van der Waals surface area contributed by atoms with Crippen molar-refractivity contribution in [2.24, 2.45) is 5.92 Å². The van der Waals surface area contributed by atoms with Crippen molar-refractivity contribution in [1.82, 2.24) is 5.32 Å². The Hall–Kier alpha value is -0.740. The third-order valence-electron chi connectivity index (χ3n) is 2.57. The van der Waals surface area contributed by atoms with E-state index in [0.717, 1.165) is 35.0 Å². The highest BCUT2D eigenvalue weighted by atomic mass is 79.9. The minimum atomic E-state index is 0.636. The van der Waals surface area contributed by atoms with Crippen LogP contribution in [0.5, 0.6) is 11.5 Å². The summed E-state index contributed by atoms with van der Waals surface area (Å²) in [7, 11) is 1.65. The summed E-state index contributed by atoms with van der Waals surface area (Å²) in [4.78, 5) is 0. The third-order valence-corrected chi connectivity index (χ3v) is 3.20. The van der Waals surface area contributed by atoms with Gasteiger partial charge in [-0.05, 0) is 46.9 Å². The summed E-state index contributed by atoms with van der Waals surface area (Å²) < 4.78 is 11.9. The van der Waals surface area contributed by atoms with Crippen LogP contribution >= 0.6 is 15.9 Å². The van der Waals surface area contributed by atoms with E-state index in [4.69, 9.17) is 9.47 Å². The fraction of sp³-hybridized carbons (Fsp3) is 0.571. The van der Waals surface area contributed by atoms with Gasteiger partial charge in [0.25, 0.3) is 0 Å². The van der Waals surface area contributed by atoms with E-state index in [1.165, 1.54) is 6.42 Å². The van der Waals surface area contributed by atoms with Gasteiger partial charge >= 0.3 is 0 Å². The molecule has 3 nitrogen and oxygen atoms in total. The van der Waals surface area contributed by atoms with E-state index in [1.54, 1.807) is 7.11 Å². The maximum atomic E-state index is 5.73. The number of benzene rings is 1. The van der Waals surface area contributed by atoms with Crippen LogP contribution in [-0.4, -0.2) is 26.8 Å². The molecule has 1 aromatic carbocycles. The van der Waals surface area contributed by atoms with Crippen LogP contribution < -0.4 is 14.8 Å². The number of halogens is 1. The molecule has 18 heavy (non-hydrogen) atoms. The molecule has 0 radical (unpaired) electrons. The minimum Gasteiger partial charge on any atom is -0.493 e. The first kappa shape index (κ1) is 15.3. The highest BCUT2D eigenvalue weighted by Gasteiger charge is 2.07. The van der Waals surface area contributed by atoms with Crippen LogP contribution in [0.25, 0.3) is 0 Å². The largest absolute Gasteiger partial charge is 0.493 e. The molecular formula is C14H22BrNO2. The number of ether oxygens (including phenoxy) is 2. The van der Waals surface area contributed by atoms with E-state index in [2.05, 4.69) is 35.1 Å². The lowest BCUT2D eigenvalue weighted by Crippen LogP contribution is -2.23. The normalized spacial score (nSPS) is 10.7. The van der Waals surface area contributed by atoms with Gasteiger partial charge in [-0.3, -0.25) is 0 Å². The summed E-state index contributed by atoms with van der Waals surface area (Å²) in [6.07, 6.45) is 1.19.